The number of carbonyl (C=O) groups excluding carboxylic acids is 1. The minimum atomic E-state index is -0.200. The third kappa shape index (κ3) is 5.61. The van der Waals surface area contributed by atoms with Gasteiger partial charge in [-0.2, -0.15) is 0 Å². The molecule has 4 heteroatoms. The van der Waals surface area contributed by atoms with Crippen molar-refractivity contribution < 1.29 is 9.53 Å². The van der Waals surface area contributed by atoms with Crippen molar-refractivity contribution in [2.75, 3.05) is 5.32 Å². The average Bonchev–Trinajstić information content (AvgIpc) is 2.82. The fraction of sp³-hybridized carbons (Fsp3) is 0.143. The van der Waals surface area contributed by atoms with E-state index in [0.29, 0.717) is 18.7 Å². The van der Waals surface area contributed by atoms with Crippen molar-refractivity contribution in [3.8, 4) is 5.75 Å². The Morgan fingerprint density at radius 3 is 2.69 bits per heavy atom. The Balaban J connectivity index is 1.43. The second-order valence-corrected chi connectivity index (χ2v) is 7.57. The number of rotatable bonds is 8. The maximum absolute atomic E-state index is 11.9. The van der Waals surface area contributed by atoms with Crippen LogP contribution in [0.1, 0.15) is 36.6 Å². The molecule has 1 heterocycles. The first-order valence-corrected chi connectivity index (χ1v) is 10.9. The number of anilines is 1. The molecule has 4 nitrogen and oxygen atoms in total. The van der Waals surface area contributed by atoms with Crippen LogP contribution in [0, 0.1) is 0 Å². The second kappa shape index (κ2) is 10.4. The lowest BCUT2D eigenvalue weighted by Gasteiger charge is -2.12. The van der Waals surface area contributed by atoms with E-state index < -0.39 is 0 Å². The minimum absolute atomic E-state index is 0.200. The highest BCUT2D eigenvalue weighted by atomic mass is 16.5. The number of esters is 1. The van der Waals surface area contributed by atoms with Crippen molar-refractivity contribution in [1.82, 2.24) is 4.98 Å². The zero-order chi connectivity index (χ0) is 22.2. The van der Waals surface area contributed by atoms with Crippen LogP contribution >= 0.6 is 0 Å². The van der Waals surface area contributed by atoms with E-state index in [9.17, 15) is 4.79 Å². The number of nitrogens with zero attached hydrogens (tertiary/aromatic N) is 1. The SMILES string of the molecule is CCCC(=O)Oc1ccccc1CNc1cccc(C=Cc2ccc3ccccc3n2)c1. The fourth-order valence-corrected chi connectivity index (χ4v) is 3.43. The Kier molecular flexibility index (Phi) is 6.93. The van der Waals surface area contributed by atoms with Crippen LogP contribution in [0.25, 0.3) is 23.1 Å². The van der Waals surface area contributed by atoms with Crippen molar-refractivity contribution >= 4 is 34.7 Å². The van der Waals surface area contributed by atoms with E-state index in [4.69, 9.17) is 9.72 Å². The molecular formula is C28H26N2O2. The molecule has 0 unspecified atom stereocenters. The third-order valence-corrected chi connectivity index (χ3v) is 5.09. The third-order valence-electron chi connectivity index (χ3n) is 5.09. The maximum Gasteiger partial charge on any atom is 0.311 e. The summed E-state index contributed by atoms with van der Waals surface area (Å²) in [7, 11) is 0. The molecule has 0 amide bonds. The van der Waals surface area contributed by atoms with E-state index >= 15 is 0 Å². The predicted molar refractivity (Wildman–Crippen MR) is 131 cm³/mol. The van der Waals surface area contributed by atoms with Crippen LogP contribution in [0.15, 0.2) is 84.9 Å². The van der Waals surface area contributed by atoms with E-state index in [-0.39, 0.29) is 5.97 Å². The largest absolute Gasteiger partial charge is 0.426 e. The zero-order valence-corrected chi connectivity index (χ0v) is 18.1. The lowest BCUT2D eigenvalue weighted by atomic mass is 10.1. The van der Waals surface area contributed by atoms with Crippen molar-refractivity contribution in [3.05, 3.63) is 102 Å². The number of aromatic nitrogens is 1. The van der Waals surface area contributed by atoms with Gasteiger partial charge < -0.3 is 10.1 Å². The first-order valence-electron chi connectivity index (χ1n) is 10.9. The molecule has 0 aliphatic rings. The van der Waals surface area contributed by atoms with Gasteiger partial charge in [-0.1, -0.05) is 67.6 Å². The highest BCUT2D eigenvalue weighted by molar-refractivity contribution is 5.81. The summed E-state index contributed by atoms with van der Waals surface area (Å²) in [5.41, 5.74) is 4.92. The molecule has 0 saturated heterocycles. The number of pyridine rings is 1. The van der Waals surface area contributed by atoms with Crippen LogP contribution < -0.4 is 10.1 Å². The van der Waals surface area contributed by atoms with Gasteiger partial charge in [0, 0.05) is 29.6 Å². The van der Waals surface area contributed by atoms with Crippen LogP contribution in [-0.2, 0) is 11.3 Å². The molecule has 3 aromatic carbocycles. The van der Waals surface area contributed by atoms with Crippen LogP contribution in [0.4, 0.5) is 5.69 Å². The summed E-state index contributed by atoms with van der Waals surface area (Å²) < 4.78 is 5.52. The Morgan fingerprint density at radius 2 is 1.78 bits per heavy atom. The molecule has 1 N–H and O–H groups in total. The number of nitrogens with one attached hydrogen (secondary N) is 1. The number of ether oxygens (including phenoxy) is 1. The van der Waals surface area contributed by atoms with Gasteiger partial charge in [0.2, 0.25) is 0 Å². The van der Waals surface area contributed by atoms with Crippen molar-refractivity contribution in [2.24, 2.45) is 0 Å². The molecule has 0 radical (unpaired) electrons. The van der Waals surface area contributed by atoms with Crippen LogP contribution in [0.5, 0.6) is 5.75 Å². The number of hydrogen-bond donors (Lipinski definition) is 1. The second-order valence-electron chi connectivity index (χ2n) is 7.57. The maximum atomic E-state index is 11.9. The highest BCUT2D eigenvalue weighted by Gasteiger charge is 2.08. The van der Waals surface area contributed by atoms with E-state index in [2.05, 4.69) is 35.7 Å². The van der Waals surface area contributed by atoms with E-state index in [0.717, 1.165) is 39.8 Å². The molecule has 0 spiro atoms. The Labute approximate surface area is 188 Å². The van der Waals surface area contributed by atoms with Gasteiger partial charge in [0.25, 0.3) is 0 Å². The summed E-state index contributed by atoms with van der Waals surface area (Å²) in [6, 6.07) is 28.0. The van der Waals surface area contributed by atoms with Gasteiger partial charge in [-0.05, 0) is 48.4 Å². The molecule has 4 rings (SSSR count). The lowest BCUT2D eigenvalue weighted by Crippen LogP contribution is -2.10. The average molecular weight is 423 g/mol. The van der Waals surface area contributed by atoms with Crippen LogP contribution in [-0.4, -0.2) is 11.0 Å². The summed E-state index contributed by atoms with van der Waals surface area (Å²) in [6.07, 6.45) is 5.27. The molecule has 1 aromatic heterocycles. The molecule has 0 bridgehead atoms. The van der Waals surface area contributed by atoms with Crippen LogP contribution in [0.3, 0.4) is 0 Å². The van der Waals surface area contributed by atoms with E-state index in [1.54, 1.807) is 0 Å². The summed E-state index contributed by atoms with van der Waals surface area (Å²) >= 11 is 0. The van der Waals surface area contributed by atoms with Crippen molar-refractivity contribution in [3.63, 3.8) is 0 Å². The summed E-state index contributed by atoms with van der Waals surface area (Å²) in [5, 5.41) is 4.56. The standard InChI is InChI=1S/C28H26N2O2/c1-2-8-28(31)32-27-14-6-4-11-23(27)20-29-25-12-7-9-21(19-25)15-17-24-18-16-22-10-3-5-13-26(22)30-24/h3-7,9-19,29H,2,8,20H2,1H3. The quantitative estimate of drug-likeness (QED) is 0.253. The van der Waals surface area contributed by atoms with Crippen molar-refractivity contribution in [1.29, 1.82) is 0 Å². The van der Waals surface area contributed by atoms with Gasteiger partial charge in [0.05, 0.1) is 11.2 Å². The topological polar surface area (TPSA) is 51.2 Å². The summed E-state index contributed by atoms with van der Waals surface area (Å²) in [6.45, 7) is 2.53. The number of fused-ring (bicyclic) bond motifs is 1. The van der Waals surface area contributed by atoms with Gasteiger partial charge in [0.1, 0.15) is 5.75 Å². The molecule has 0 atom stereocenters. The first-order chi connectivity index (χ1) is 15.7. The lowest BCUT2D eigenvalue weighted by molar-refractivity contribution is -0.134. The number of para-hydroxylation sites is 2. The number of benzene rings is 3. The van der Waals surface area contributed by atoms with Crippen LogP contribution in [0.2, 0.25) is 0 Å². The Bertz CT molecular complexity index is 1250. The summed E-state index contributed by atoms with van der Waals surface area (Å²) in [5.74, 6) is 0.409. The predicted octanol–water partition coefficient (Wildman–Crippen LogP) is 6.72. The highest BCUT2D eigenvalue weighted by Crippen LogP contribution is 2.21. The molecule has 0 fully saturated rings. The van der Waals surface area contributed by atoms with Gasteiger partial charge in [0.15, 0.2) is 0 Å². The van der Waals surface area contributed by atoms with Gasteiger partial charge in [-0.3, -0.25) is 4.79 Å². The Hall–Kier alpha value is -3.92. The molecule has 0 aliphatic carbocycles. The molecule has 4 aromatic rings. The number of hydrogen-bond acceptors (Lipinski definition) is 4. The smallest absolute Gasteiger partial charge is 0.311 e. The van der Waals surface area contributed by atoms with Gasteiger partial charge >= 0.3 is 5.97 Å². The normalized spacial score (nSPS) is 11.0. The zero-order valence-electron chi connectivity index (χ0n) is 18.1. The molecular weight excluding hydrogens is 396 g/mol. The molecule has 32 heavy (non-hydrogen) atoms. The molecule has 0 aliphatic heterocycles. The molecule has 160 valence electrons. The molecule has 0 saturated carbocycles. The Morgan fingerprint density at radius 1 is 0.938 bits per heavy atom. The number of carbonyl (C=O) groups is 1. The fourth-order valence-electron chi connectivity index (χ4n) is 3.43. The van der Waals surface area contributed by atoms with Crippen molar-refractivity contribution in [2.45, 2.75) is 26.3 Å². The van der Waals surface area contributed by atoms with Gasteiger partial charge in [-0.25, -0.2) is 4.98 Å². The van der Waals surface area contributed by atoms with E-state index in [1.165, 1.54) is 0 Å². The minimum Gasteiger partial charge on any atom is -0.426 e. The van der Waals surface area contributed by atoms with Gasteiger partial charge in [-0.15, -0.1) is 0 Å². The van der Waals surface area contributed by atoms with E-state index in [1.807, 2.05) is 73.7 Å². The summed E-state index contributed by atoms with van der Waals surface area (Å²) in [4.78, 5) is 16.6. The monoisotopic (exact) mass is 422 g/mol. The first kappa shape index (κ1) is 21.3.